The van der Waals surface area contributed by atoms with E-state index in [4.69, 9.17) is 0 Å². The van der Waals surface area contributed by atoms with Crippen LogP contribution in [-0.4, -0.2) is 70.8 Å². The first-order valence-corrected chi connectivity index (χ1v) is 13.3. The molecule has 2 aromatic heterocycles. The van der Waals surface area contributed by atoms with Gasteiger partial charge in [-0.2, -0.15) is 5.10 Å². The summed E-state index contributed by atoms with van der Waals surface area (Å²) >= 11 is 0. The molecule has 194 valence electrons. The van der Waals surface area contributed by atoms with Gasteiger partial charge in [-0.05, 0) is 81.5 Å². The number of hydrogen-bond donors (Lipinski definition) is 1. The van der Waals surface area contributed by atoms with Gasteiger partial charge in [0.2, 0.25) is 0 Å². The van der Waals surface area contributed by atoms with Crippen molar-refractivity contribution in [3.05, 3.63) is 71.0 Å². The van der Waals surface area contributed by atoms with Gasteiger partial charge in [-0.15, -0.1) is 5.10 Å². The molecule has 2 fully saturated rings. The Kier molecular flexibility index (Phi) is 7.26. The highest BCUT2D eigenvalue weighted by Gasteiger charge is 2.30. The summed E-state index contributed by atoms with van der Waals surface area (Å²) in [5.74, 6) is 2.04. The van der Waals surface area contributed by atoms with Crippen molar-refractivity contribution in [2.75, 3.05) is 47.8 Å². The number of anilines is 3. The topological polar surface area (TPSA) is 77.5 Å². The van der Waals surface area contributed by atoms with Crippen LogP contribution in [0.25, 0.3) is 0 Å². The number of amides is 1. The van der Waals surface area contributed by atoms with E-state index in [1.165, 1.54) is 5.56 Å². The summed E-state index contributed by atoms with van der Waals surface area (Å²) in [5.41, 5.74) is 5.23. The van der Waals surface area contributed by atoms with E-state index >= 15 is 0 Å². The molecule has 1 atom stereocenters. The summed E-state index contributed by atoms with van der Waals surface area (Å²) in [6.45, 7) is 12.5. The van der Waals surface area contributed by atoms with Gasteiger partial charge >= 0.3 is 0 Å². The fourth-order valence-electron chi connectivity index (χ4n) is 5.82. The molecule has 0 radical (unpaired) electrons. The molecule has 37 heavy (non-hydrogen) atoms. The van der Waals surface area contributed by atoms with Gasteiger partial charge in [0.1, 0.15) is 5.82 Å². The molecule has 5 rings (SSSR count). The summed E-state index contributed by atoms with van der Waals surface area (Å²) in [5, 5.41) is 12.1. The lowest BCUT2D eigenvalue weighted by Crippen LogP contribution is -2.54. The molecule has 0 spiro atoms. The molecular formula is C29H37N7O. The van der Waals surface area contributed by atoms with Crippen molar-refractivity contribution in [3.63, 3.8) is 0 Å². The molecule has 0 bridgehead atoms. The molecule has 8 heteroatoms. The molecule has 1 aromatic carbocycles. The standard InChI is InChI=1S/C29H37N7O/c1-20-18-21(2)28(32-24-10-14-34(15-11-24)26-9-7-13-31-33-26)23(4)27(20)29(37)35-16-17-36(22(3)19-35)25-8-5-6-12-30-25/h5-9,12-13,18,22,24,32H,10-11,14-17,19H2,1-4H3/t22-/m0/s1. The maximum Gasteiger partial charge on any atom is 0.254 e. The Hall–Kier alpha value is -3.68. The van der Waals surface area contributed by atoms with E-state index in [1.807, 2.05) is 41.4 Å². The average Bonchev–Trinajstić information content (AvgIpc) is 2.92. The van der Waals surface area contributed by atoms with E-state index in [9.17, 15) is 4.79 Å². The van der Waals surface area contributed by atoms with Crippen LogP contribution in [0.3, 0.4) is 0 Å². The smallest absolute Gasteiger partial charge is 0.254 e. The fourth-order valence-corrected chi connectivity index (χ4v) is 5.82. The van der Waals surface area contributed by atoms with Crippen LogP contribution in [0.5, 0.6) is 0 Å². The number of rotatable bonds is 5. The summed E-state index contributed by atoms with van der Waals surface area (Å²) in [4.78, 5) is 24.9. The first-order chi connectivity index (χ1) is 17.9. The summed E-state index contributed by atoms with van der Waals surface area (Å²) in [6.07, 6.45) is 5.56. The van der Waals surface area contributed by atoms with Gasteiger partial charge in [0.05, 0.1) is 0 Å². The largest absolute Gasteiger partial charge is 0.382 e. The molecule has 0 aliphatic carbocycles. The number of piperidine rings is 1. The maximum atomic E-state index is 13.8. The molecule has 1 amide bonds. The van der Waals surface area contributed by atoms with Crippen LogP contribution in [0.2, 0.25) is 0 Å². The number of nitrogens with zero attached hydrogens (tertiary/aromatic N) is 6. The van der Waals surface area contributed by atoms with Crippen LogP contribution in [-0.2, 0) is 0 Å². The highest BCUT2D eigenvalue weighted by molar-refractivity contribution is 5.99. The third-order valence-corrected chi connectivity index (χ3v) is 7.77. The number of carbonyl (C=O) groups excluding carboxylic acids is 1. The second kappa shape index (κ2) is 10.7. The minimum Gasteiger partial charge on any atom is -0.382 e. The zero-order chi connectivity index (χ0) is 25.9. The lowest BCUT2D eigenvalue weighted by atomic mass is 9.94. The predicted octanol–water partition coefficient (Wildman–Crippen LogP) is 4.23. The monoisotopic (exact) mass is 499 g/mol. The van der Waals surface area contributed by atoms with Gasteiger partial charge in [-0.3, -0.25) is 4.79 Å². The van der Waals surface area contributed by atoms with Crippen molar-refractivity contribution in [1.29, 1.82) is 0 Å². The Balaban J connectivity index is 1.28. The summed E-state index contributed by atoms with van der Waals surface area (Å²) in [7, 11) is 0. The van der Waals surface area contributed by atoms with Gasteiger partial charge in [-0.1, -0.05) is 12.1 Å². The quantitative estimate of drug-likeness (QED) is 0.563. The van der Waals surface area contributed by atoms with Crippen LogP contribution < -0.4 is 15.1 Å². The number of nitrogens with one attached hydrogen (secondary N) is 1. The number of benzene rings is 1. The van der Waals surface area contributed by atoms with Crippen molar-refractivity contribution >= 4 is 23.2 Å². The van der Waals surface area contributed by atoms with Crippen molar-refractivity contribution in [3.8, 4) is 0 Å². The molecule has 2 saturated heterocycles. The summed E-state index contributed by atoms with van der Waals surface area (Å²) < 4.78 is 0. The molecule has 0 unspecified atom stereocenters. The van der Waals surface area contributed by atoms with Gasteiger partial charge in [0.25, 0.3) is 5.91 Å². The first kappa shape index (κ1) is 25.0. The Morgan fingerprint density at radius 2 is 1.73 bits per heavy atom. The van der Waals surface area contributed by atoms with Crippen LogP contribution in [0, 0.1) is 20.8 Å². The predicted molar refractivity (Wildman–Crippen MR) is 148 cm³/mol. The van der Waals surface area contributed by atoms with Crippen LogP contribution in [0.4, 0.5) is 17.3 Å². The lowest BCUT2D eigenvalue weighted by Gasteiger charge is -2.41. The molecule has 2 aliphatic heterocycles. The Morgan fingerprint density at radius 3 is 2.41 bits per heavy atom. The number of aryl methyl sites for hydroxylation is 2. The van der Waals surface area contributed by atoms with Gasteiger partial charge in [0.15, 0.2) is 5.82 Å². The second-order valence-corrected chi connectivity index (χ2v) is 10.4. The van der Waals surface area contributed by atoms with E-state index in [2.05, 4.69) is 64.1 Å². The van der Waals surface area contributed by atoms with E-state index < -0.39 is 0 Å². The van der Waals surface area contributed by atoms with Gasteiger partial charge in [0, 0.05) is 68.5 Å². The Labute approximate surface area is 219 Å². The highest BCUT2D eigenvalue weighted by Crippen LogP contribution is 2.31. The third-order valence-electron chi connectivity index (χ3n) is 7.77. The van der Waals surface area contributed by atoms with E-state index in [0.717, 1.165) is 66.5 Å². The Morgan fingerprint density at radius 1 is 0.946 bits per heavy atom. The number of pyridine rings is 1. The molecule has 8 nitrogen and oxygen atoms in total. The number of carbonyl (C=O) groups is 1. The first-order valence-electron chi connectivity index (χ1n) is 13.3. The number of hydrogen-bond acceptors (Lipinski definition) is 7. The van der Waals surface area contributed by atoms with Crippen molar-refractivity contribution < 1.29 is 4.79 Å². The highest BCUT2D eigenvalue weighted by atomic mass is 16.2. The normalized spacial score (nSPS) is 18.7. The molecule has 0 saturated carbocycles. The number of aromatic nitrogens is 3. The van der Waals surface area contributed by atoms with Gasteiger partial charge in [-0.25, -0.2) is 4.98 Å². The zero-order valence-corrected chi connectivity index (χ0v) is 22.3. The van der Waals surface area contributed by atoms with Gasteiger partial charge < -0.3 is 20.0 Å². The zero-order valence-electron chi connectivity index (χ0n) is 22.3. The molecule has 3 aromatic rings. The lowest BCUT2D eigenvalue weighted by molar-refractivity contribution is 0.0724. The molecule has 4 heterocycles. The second-order valence-electron chi connectivity index (χ2n) is 10.4. The van der Waals surface area contributed by atoms with Crippen LogP contribution >= 0.6 is 0 Å². The number of piperazine rings is 1. The van der Waals surface area contributed by atoms with E-state index in [0.29, 0.717) is 19.1 Å². The van der Waals surface area contributed by atoms with E-state index in [1.54, 1.807) is 6.20 Å². The Bertz CT molecular complexity index is 1230. The van der Waals surface area contributed by atoms with Crippen LogP contribution in [0.15, 0.2) is 48.8 Å². The molecule has 2 aliphatic rings. The summed E-state index contributed by atoms with van der Waals surface area (Å²) in [6, 6.07) is 12.7. The van der Waals surface area contributed by atoms with Crippen molar-refractivity contribution in [1.82, 2.24) is 20.1 Å². The molecule has 1 N–H and O–H groups in total. The van der Waals surface area contributed by atoms with Crippen LogP contribution in [0.1, 0.15) is 46.8 Å². The van der Waals surface area contributed by atoms with Crippen molar-refractivity contribution in [2.24, 2.45) is 0 Å². The van der Waals surface area contributed by atoms with Crippen molar-refractivity contribution in [2.45, 2.75) is 52.6 Å². The third kappa shape index (κ3) is 5.24. The minimum atomic E-state index is 0.128. The molecular weight excluding hydrogens is 462 g/mol. The SMILES string of the molecule is Cc1cc(C)c(C(=O)N2CCN(c3ccccn3)[C@@H](C)C2)c(C)c1NC1CCN(c2cccnn2)CC1. The average molecular weight is 500 g/mol. The fraction of sp³-hybridized carbons (Fsp3) is 0.448. The van der Waals surface area contributed by atoms with E-state index in [-0.39, 0.29) is 11.9 Å². The minimum absolute atomic E-state index is 0.128. The maximum absolute atomic E-state index is 13.8.